The molecule has 32 heavy (non-hydrogen) atoms. The predicted molar refractivity (Wildman–Crippen MR) is 112 cm³/mol. The Bertz CT molecular complexity index is 1430. The molecule has 0 unspecified atom stereocenters. The number of nitro benzene ring substituents is 2. The highest BCUT2D eigenvalue weighted by Crippen LogP contribution is 2.35. The summed E-state index contributed by atoms with van der Waals surface area (Å²) in [4.78, 5) is 42.1. The van der Waals surface area contributed by atoms with Gasteiger partial charge in [-0.1, -0.05) is 0 Å². The molecule has 0 spiro atoms. The molecule has 13 heteroatoms. The van der Waals surface area contributed by atoms with Crippen LogP contribution in [-0.2, 0) is 4.74 Å². The van der Waals surface area contributed by atoms with Crippen molar-refractivity contribution in [3.8, 4) is 11.4 Å². The lowest BCUT2D eigenvalue weighted by molar-refractivity contribution is -0.422. The van der Waals surface area contributed by atoms with E-state index in [9.17, 15) is 30.1 Å². The molecule has 0 aliphatic heterocycles. The molecule has 0 saturated carbocycles. The molecule has 2 heterocycles. The number of anilines is 1. The third kappa shape index (κ3) is 3.17. The molecule has 0 fully saturated rings. The highest BCUT2D eigenvalue weighted by Gasteiger charge is 2.29. The molecule has 0 radical (unpaired) electrons. The lowest BCUT2D eigenvalue weighted by atomic mass is 10.2. The van der Waals surface area contributed by atoms with Crippen LogP contribution in [0.5, 0.6) is 5.75 Å². The van der Waals surface area contributed by atoms with E-state index in [0.29, 0.717) is 5.69 Å². The molecule has 0 amide bonds. The van der Waals surface area contributed by atoms with Gasteiger partial charge in [-0.3, -0.25) is 24.8 Å². The van der Waals surface area contributed by atoms with Gasteiger partial charge in [0.25, 0.3) is 0 Å². The fourth-order valence-corrected chi connectivity index (χ4v) is 3.30. The molecule has 0 bridgehead atoms. The number of fused-ring (bicyclic) bond motifs is 2. The Balaban J connectivity index is 2.12. The number of rotatable bonds is 5. The Hall–Kier alpha value is -4.81. The number of nitrogens with two attached hydrogens (primary N) is 1. The Labute approximate surface area is 178 Å². The Morgan fingerprint density at radius 1 is 1.09 bits per heavy atom. The quantitative estimate of drug-likeness (QED) is 0.266. The Morgan fingerprint density at radius 2 is 1.66 bits per heavy atom. The van der Waals surface area contributed by atoms with E-state index in [1.165, 1.54) is 28.8 Å². The van der Waals surface area contributed by atoms with Gasteiger partial charge in [-0.2, -0.15) is 0 Å². The minimum Gasteiger partial charge on any atom is -0.508 e. The van der Waals surface area contributed by atoms with Crippen LogP contribution >= 0.6 is 0 Å². The number of carbonyl (C=O) groups excluding carboxylic acids is 1. The van der Waals surface area contributed by atoms with E-state index < -0.39 is 27.2 Å². The number of hydrogen-bond donors (Lipinski definition) is 2. The lowest BCUT2D eigenvalue weighted by Gasteiger charge is -2.08. The minimum atomic E-state index is -0.897. The molecule has 13 nitrogen and oxygen atoms in total. The normalized spacial score (nSPS) is 11.0. The van der Waals surface area contributed by atoms with E-state index in [2.05, 4.69) is 9.97 Å². The van der Waals surface area contributed by atoms with Crippen LogP contribution in [0.1, 0.15) is 17.3 Å². The summed E-state index contributed by atoms with van der Waals surface area (Å²) in [6, 6.07) is 7.69. The summed E-state index contributed by atoms with van der Waals surface area (Å²) in [6.07, 6.45) is 0. The largest absolute Gasteiger partial charge is 0.508 e. The van der Waals surface area contributed by atoms with Crippen LogP contribution in [0, 0.1) is 20.2 Å². The van der Waals surface area contributed by atoms with Gasteiger partial charge in [0.2, 0.25) is 0 Å². The van der Waals surface area contributed by atoms with E-state index in [-0.39, 0.29) is 45.9 Å². The SMILES string of the molecule is CCOC(=O)c1c(N)n(-c2ccc(O)cc2)c2nc3cc([N+](=O)[O-])c([N+](=O)[O-])cc3nc12. The van der Waals surface area contributed by atoms with Crippen LogP contribution < -0.4 is 5.73 Å². The summed E-state index contributed by atoms with van der Waals surface area (Å²) in [5.74, 6) is -0.852. The van der Waals surface area contributed by atoms with Crippen molar-refractivity contribution in [3.05, 3.63) is 62.2 Å². The number of aromatic hydroxyl groups is 1. The average molecular weight is 438 g/mol. The summed E-state index contributed by atoms with van der Waals surface area (Å²) < 4.78 is 6.45. The molecule has 2 aromatic heterocycles. The van der Waals surface area contributed by atoms with Gasteiger partial charge in [0.05, 0.1) is 39.6 Å². The molecule has 0 aliphatic carbocycles. The van der Waals surface area contributed by atoms with Crippen molar-refractivity contribution < 1.29 is 24.5 Å². The average Bonchev–Trinajstić information content (AvgIpc) is 3.02. The van der Waals surface area contributed by atoms with E-state index in [1.54, 1.807) is 6.92 Å². The number of phenols is 1. The van der Waals surface area contributed by atoms with Gasteiger partial charge >= 0.3 is 17.3 Å². The number of hydrogen-bond acceptors (Lipinski definition) is 10. The molecule has 4 rings (SSSR count). The topological polar surface area (TPSA) is 190 Å². The molecule has 162 valence electrons. The molecule has 0 saturated heterocycles. The van der Waals surface area contributed by atoms with Crippen LogP contribution in [0.4, 0.5) is 17.2 Å². The zero-order valence-electron chi connectivity index (χ0n) is 16.4. The highest BCUT2D eigenvalue weighted by atomic mass is 16.6. The highest BCUT2D eigenvalue weighted by molar-refractivity contribution is 6.09. The lowest BCUT2D eigenvalue weighted by Crippen LogP contribution is -2.09. The summed E-state index contributed by atoms with van der Waals surface area (Å²) in [5, 5.41) is 32.2. The maximum Gasteiger partial charge on any atom is 0.348 e. The van der Waals surface area contributed by atoms with Crippen molar-refractivity contribution in [2.24, 2.45) is 0 Å². The maximum atomic E-state index is 12.6. The van der Waals surface area contributed by atoms with E-state index in [4.69, 9.17) is 10.5 Å². The first-order valence-corrected chi connectivity index (χ1v) is 9.14. The van der Waals surface area contributed by atoms with Crippen molar-refractivity contribution >= 4 is 45.4 Å². The van der Waals surface area contributed by atoms with Gasteiger partial charge in [0.1, 0.15) is 22.6 Å². The fraction of sp³-hybridized carbons (Fsp3) is 0.105. The molecular weight excluding hydrogens is 424 g/mol. The van der Waals surface area contributed by atoms with Crippen LogP contribution in [-0.4, -0.2) is 42.1 Å². The smallest absolute Gasteiger partial charge is 0.348 e. The minimum absolute atomic E-state index is 0.00433. The number of nitrogen functional groups attached to an aromatic ring is 1. The first kappa shape index (κ1) is 20.5. The van der Waals surface area contributed by atoms with E-state index in [1.807, 2.05) is 0 Å². The number of benzene rings is 2. The number of ether oxygens (including phenoxy) is 1. The number of nitrogens with zero attached hydrogens (tertiary/aromatic N) is 5. The van der Waals surface area contributed by atoms with Crippen LogP contribution in [0.2, 0.25) is 0 Å². The first-order valence-electron chi connectivity index (χ1n) is 9.14. The number of nitro groups is 2. The molecule has 2 aromatic carbocycles. The van der Waals surface area contributed by atoms with Gasteiger partial charge in [-0.15, -0.1) is 0 Å². The predicted octanol–water partition coefficient (Wildman–Crippen LogP) is 2.85. The van der Waals surface area contributed by atoms with E-state index in [0.717, 1.165) is 12.1 Å². The number of phenolic OH excluding ortho intramolecular Hbond substituents is 1. The third-order valence-electron chi connectivity index (χ3n) is 4.67. The zero-order valence-corrected chi connectivity index (χ0v) is 16.4. The van der Waals surface area contributed by atoms with Crippen molar-refractivity contribution in [2.75, 3.05) is 12.3 Å². The summed E-state index contributed by atoms with van der Waals surface area (Å²) in [6.45, 7) is 1.67. The van der Waals surface area contributed by atoms with Crippen molar-refractivity contribution in [2.45, 2.75) is 6.92 Å². The fourth-order valence-electron chi connectivity index (χ4n) is 3.30. The standard InChI is InChI=1S/C19H14N6O7/c1-2-32-19(27)15-16-18(23(17(15)20)9-3-5-10(26)6-4-9)22-12-8-14(25(30)31)13(24(28)29)7-11(12)21-16/h3-8,26H,2,20H2,1H3. The van der Waals surface area contributed by atoms with Crippen molar-refractivity contribution in [3.63, 3.8) is 0 Å². The summed E-state index contributed by atoms with van der Waals surface area (Å²) >= 11 is 0. The molecule has 0 aliphatic rings. The second-order valence-corrected chi connectivity index (χ2v) is 6.57. The van der Waals surface area contributed by atoms with Crippen LogP contribution in [0.3, 0.4) is 0 Å². The van der Waals surface area contributed by atoms with Crippen molar-refractivity contribution in [1.29, 1.82) is 0 Å². The van der Waals surface area contributed by atoms with Gasteiger partial charge < -0.3 is 15.6 Å². The molecule has 0 atom stereocenters. The van der Waals surface area contributed by atoms with Gasteiger partial charge in [0, 0.05) is 5.69 Å². The summed E-state index contributed by atoms with van der Waals surface area (Å²) in [5.41, 5.74) is 5.07. The monoisotopic (exact) mass is 438 g/mol. The zero-order chi connectivity index (χ0) is 23.2. The summed E-state index contributed by atoms with van der Waals surface area (Å²) in [7, 11) is 0. The van der Waals surface area contributed by atoms with Gasteiger partial charge in [0.15, 0.2) is 5.65 Å². The van der Waals surface area contributed by atoms with Crippen LogP contribution in [0.15, 0.2) is 36.4 Å². The van der Waals surface area contributed by atoms with Crippen LogP contribution in [0.25, 0.3) is 27.9 Å². The second-order valence-electron chi connectivity index (χ2n) is 6.57. The first-order chi connectivity index (χ1) is 15.2. The Morgan fingerprint density at radius 3 is 2.19 bits per heavy atom. The number of esters is 1. The molecule has 4 aromatic rings. The third-order valence-corrected chi connectivity index (χ3v) is 4.67. The maximum absolute atomic E-state index is 12.6. The Kier molecular flexibility index (Phi) is 4.77. The number of carbonyl (C=O) groups is 1. The van der Waals surface area contributed by atoms with E-state index >= 15 is 0 Å². The van der Waals surface area contributed by atoms with Gasteiger partial charge in [-0.25, -0.2) is 14.8 Å². The molecular formula is C19H14N6O7. The van der Waals surface area contributed by atoms with Gasteiger partial charge in [-0.05, 0) is 31.2 Å². The second kappa shape index (κ2) is 7.46. The van der Waals surface area contributed by atoms with Crippen molar-refractivity contribution in [1.82, 2.24) is 14.5 Å². The number of aromatic nitrogens is 3. The molecule has 3 N–H and O–H groups in total.